The number of fused-ring (bicyclic) bond motifs is 1. The second kappa shape index (κ2) is 7.04. The predicted octanol–water partition coefficient (Wildman–Crippen LogP) is 4.40. The van der Waals surface area contributed by atoms with Crippen molar-refractivity contribution in [3.05, 3.63) is 39.6 Å². The van der Waals surface area contributed by atoms with E-state index >= 15 is 0 Å². The number of thioether (sulfide) groups is 1. The average molecular weight is 379 g/mol. The fraction of sp³-hybridized carbons (Fsp3) is 0.250. The molecule has 3 aromatic heterocycles. The number of thiophene rings is 1. The van der Waals surface area contributed by atoms with E-state index in [1.54, 1.807) is 23.5 Å². The lowest BCUT2D eigenvalue weighted by Gasteiger charge is -2.06. The van der Waals surface area contributed by atoms with Gasteiger partial charge >= 0.3 is 0 Å². The minimum atomic E-state index is -0.135. The van der Waals surface area contributed by atoms with Crippen molar-refractivity contribution in [1.29, 1.82) is 0 Å². The predicted molar refractivity (Wildman–Crippen MR) is 100 cm³/mol. The van der Waals surface area contributed by atoms with Gasteiger partial charge in [0.1, 0.15) is 21.5 Å². The van der Waals surface area contributed by atoms with Crippen LogP contribution in [0, 0.1) is 20.8 Å². The van der Waals surface area contributed by atoms with Gasteiger partial charge in [-0.3, -0.25) is 4.79 Å². The van der Waals surface area contributed by atoms with E-state index < -0.39 is 0 Å². The lowest BCUT2D eigenvalue weighted by atomic mass is 10.2. The van der Waals surface area contributed by atoms with Crippen LogP contribution in [0.2, 0.25) is 5.02 Å². The average Bonchev–Trinajstić information content (AvgIpc) is 2.81. The Labute approximate surface area is 152 Å². The van der Waals surface area contributed by atoms with Gasteiger partial charge in [0.05, 0.1) is 10.8 Å². The van der Waals surface area contributed by atoms with Crippen LogP contribution < -0.4 is 5.32 Å². The number of aryl methyl sites for hydroxylation is 3. The molecule has 0 unspecified atom stereocenters. The van der Waals surface area contributed by atoms with Gasteiger partial charge in [-0.15, -0.1) is 11.3 Å². The van der Waals surface area contributed by atoms with Gasteiger partial charge in [-0.25, -0.2) is 15.0 Å². The van der Waals surface area contributed by atoms with E-state index in [4.69, 9.17) is 11.6 Å². The van der Waals surface area contributed by atoms with Gasteiger partial charge in [0.2, 0.25) is 5.91 Å². The summed E-state index contributed by atoms with van der Waals surface area (Å²) in [6.07, 6.45) is 1.50. The lowest BCUT2D eigenvalue weighted by Crippen LogP contribution is -2.15. The van der Waals surface area contributed by atoms with E-state index in [-0.39, 0.29) is 11.7 Å². The molecule has 3 heterocycles. The maximum atomic E-state index is 12.1. The number of anilines is 1. The van der Waals surface area contributed by atoms with Crippen LogP contribution >= 0.6 is 34.7 Å². The van der Waals surface area contributed by atoms with Gasteiger partial charge in [-0.05, 0) is 38.5 Å². The topological polar surface area (TPSA) is 67.8 Å². The SMILES string of the molecule is Cc1nc(SCC(=O)Nc2ccc(Cl)cn2)c2c(C)c(C)sc2n1. The molecule has 5 nitrogen and oxygen atoms in total. The molecule has 0 aliphatic rings. The number of aromatic nitrogens is 3. The molecule has 0 aliphatic heterocycles. The molecule has 3 rings (SSSR count). The molecule has 8 heteroatoms. The zero-order valence-corrected chi connectivity index (χ0v) is 15.8. The summed E-state index contributed by atoms with van der Waals surface area (Å²) in [6, 6.07) is 3.36. The Kier molecular flexibility index (Phi) is 5.03. The normalized spacial score (nSPS) is 11.0. The van der Waals surface area contributed by atoms with Crippen LogP contribution in [-0.4, -0.2) is 26.6 Å². The van der Waals surface area contributed by atoms with Crippen LogP contribution in [0.1, 0.15) is 16.3 Å². The number of hydrogen-bond acceptors (Lipinski definition) is 6. The molecular formula is C16H15ClN4OS2. The van der Waals surface area contributed by atoms with Crippen LogP contribution in [-0.2, 0) is 4.79 Å². The standard InChI is InChI=1S/C16H15ClN4OS2/c1-8-9(2)24-16-14(8)15(19-10(3)20-16)23-7-13(22)21-12-5-4-11(17)6-18-12/h4-6H,7H2,1-3H3,(H,18,21,22). The second-order valence-electron chi connectivity index (χ2n) is 5.24. The maximum absolute atomic E-state index is 12.1. The van der Waals surface area contributed by atoms with E-state index in [0.29, 0.717) is 16.7 Å². The van der Waals surface area contributed by atoms with Crippen molar-refractivity contribution < 1.29 is 4.79 Å². The van der Waals surface area contributed by atoms with Crippen LogP contribution in [0.25, 0.3) is 10.2 Å². The van der Waals surface area contributed by atoms with Crippen LogP contribution in [0.4, 0.5) is 5.82 Å². The van der Waals surface area contributed by atoms with Crippen molar-refractivity contribution in [3.63, 3.8) is 0 Å². The zero-order chi connectivity index (χ0) is 17.3. The molecule has 0 aliphatic carbocycles. The number of carbonyl (C=O) groups is 1. The first-order valence-corrected chi connectivity index (χ1v) is 9.40. The van der Waals surface area contributed by atoms with Crippen LogP contribution in [0.3, 0.4) is 0 Å². The molecule has 24 heavy (non-hydrogen) atoms. The van der Waals surface area contributed by atoms with Gasteiger partial charge in [0.15, 0.2) is 0 Å². The fourth-order valence-corrected chi connectivity index (χ4v) is 4.36. The number of hydrogen-bond donors (Lipinski definition) is 1. The maximum Gasteiger partial charge on any atom is 0.235 e. The molecule has 0 spiro atoms. The molecule has 0 aromatic carbocycles. The van der Waals surface area contributed by atoms with Gasteiger partial charge in [-0.2, -0.15) is 0 Å². The first kappa shape index (κ1) is 17.1. The van der Waals surface area contributed by atoms with Crippen molar-refractivity contribution in [2.24, 2.45) is 0 Å². The molecule has 124 valence electrons. The number of halogens is 1. The quantitative estimate of drug-likeness (QED) is 0.538. The highest BCUT2D eigenvalue weighted by Crippen LogP contribution is 2.35. The molecule has 0 saturated heterocycles. The van der Waals surface area contributed by atoms with Crippen molar-refractivity contribution >= 4 is 56.6 Å². The number of nitrogens with zero attached hydrogens (tertiary/aromatic N) is 3. The largest absolute Gasteiger partial charge is 0.310 e. The summed E-state index contributed by atoms with van der Waals surface area (Å²) in [6.45, 7) is 6.00. The van der Waals surface area contributed by atoms with Gasteiger partial charge in [0, 0.05) is 16.5 Å². The summed E-state index contributed by atoms with van der Waals surface area (Å²) in [7, 11) is 0. The highest BCUT2D eigenvalue weighted by Gasteiger charge is 2.15. The highest BCUT2D eigenvalue weighted by atomic mass is 35.5. The summed E-state index contributed by atoms with van der Waals surface area (Å²) < 4.78 is 0. The fourth-order valence-electron chi connectivity index (χ4n) is 2.18. The second-order valence-corrected chi connectivity index (χ2v) is 7.84. The van der Waals surface area contributed by atoms with Crippen molar-refractivity contribution in [2.45, 2.75) is 25.8 Å². The van der Waals surface area contributed by atoms with E-state index in [1.807, 2.05) is 6.92 Å². The van der Waals surface area contributed by atoms with Crippen LogP contribution in [0.5, 0.6) is 0 Å². The molecule has 0 atom stereocenters. The molecule has 0 radical (unpaired) electrons. The Morgan fingerprint density at radius 2 is 2.08 bits per heavy atom. The Balaban J connectivity index is 1.75. The van der Waals surface area contributed by atoms with E-state index in [0.717, 1.165) is 15.2 Å². The summed E-state index contributed by atoms with van der Waals surface area (Å²) in [5, 5.41) is 5.18. The van der Waals surface area contributed by atoms with Crippen molar-refractivity contribution in [3.8, 4) is 0 Å². The minimum Gasteiger partial charge on any atom is -0.310 e. The number of rotatable bonds is 4. The van der Waals surface area contributed by atoms with Gasteiger partial charge in [0.25, 0.3) is 0 Å². The highest BCUT2D eigenvalue weighted by molar-refractivity contribution is 8.00. The molecule has 1 N–H and O–H groups in total. The summed E-state index contributed by atoms with van der Waals surface area (Å²) >= 11 is 8.85. The van der Waals surface area contributed by atoms with E-state index in [1.165, 1.54) is 28.4 Å². The number of amides is 1. The van der Waals surface area contributed by atoms with Gasteiger partial charge in [-0.1, -0.05) is 23.4 Å². The molecular weight excluding hydrogens is 364 g/mol. The Morgan fingerprint density at radius 1 is 1.29 bits per heavy atom. The summed E-state index contributed by atoms with van der Waals surface area (Å²) in [5.41, 5.74) is 1.18. The molecule has 0 saturated carbocycles. The Hall–Kier alpha value is -1.70. The zero-order valence-electron chi connectivity index (χ0n) is 13.4. The Bertz CT molecular complexity index is 909. The third-order valence-electron chi connectivity index (χ3n) is 3.44. The monoisotopic (exact) mass is 378 g/mol. The van der Waals surface area contributed by atoms with Crippen LogP contribution in [0.15, 0.2) is 23.4 Å². The summed E-state index contributed by atoms with van der Waals surface area (Å²) in [5.74, 6) is 1.32. The molecule has 3 aromatic rings. The summed E-state index contributed by atoms with van der Waals surface area (Å²) in [4.78, 5) is 27.4. The number of nitrogens with one attached hydrogen (secondary N) is 1. The number of pyridine rings is 1. The number of carbonyl (C=O) groups excluding carboxylic acids is 1. The smallest absolute Gasteiger partial charge is 0.235 e. The van der Waals surface area contributed by atoms with Gasteiger partial charge < -0.3 is 5.32 Å². The molecule has 1 amide bonds. The molecule has 0 bridgehead atoms. The lowest BCUT2D eigenvalue weighted by molar-refractivity contribution is -0.113. The van der Waals surface area contributed by atoms with E-state index in [9.17, 15) is 4.79 Å². The van der Waals surface area contributed by atoms with E-state index in [2.05, 4.69) is 34.1 Å². The first-order valence-electron chi connectivity index (χ1n) is 7.22. The first-order chi connectivity index (χ1) is 11.4. The third-order valence-corrected chi connectivity index (χ3v) is 5.74. The molecule has 0 fully saturated rings. The Morgan fingerprint density at radius 3 is 2.79 bits per heavy atom. The minimum absolute atomic E-state index is 0.135. The van der Waals surface area contributed by atoms with Crippen molar-refractivity contribution in [2.75, 3.05) is 11.1 Å². The van der Waals surface area contributed by atoms with Crippen molar-refractivity contribution in [1.82, 2.24) is 15.0 Å². The third kappa shape index (κ3) is 3.68.